The van der Waals surface area contributed by atoms with Crippen molar-refractivity contribution in [2.24, 2.45) is 0 Å². The second-order valence-electron chi connectivity index (χ2n) is 3.81. The van der Waals surface area contributed by atoms with Crippen LogP contribution < -0.4 is 10.9 Å². The maximum Gasteiger partial charge on any atom is 0.253 e. The second-order valence-corrected chi connectivity index (χ2v) is 3.81. The van der Waals surface area contributed by atoms with Crippen LogP contribution in [0.1, 0.15) is 18.5 Å². The molecule has 1 fully saturated rings. The van der Waals surface area contributed by atoms with Gasteiger partial charge >= 0.3 is 0 Å². The number of nitrogens with one attached hydrogen (secondary N) is 1. The molecule has 1 aromatic heterocycles. The summed E-state index contributed by atoms with van der Waals surface area (Å²) in [6.07, 6.45) is 4.00. The van der Waals surface area contributed by atoms with Crippen molar-refractivity contribution in [3.05, 3.63) is 28.4 Å². The summed E-state index contributed by atoms with van der Waals surface area (Å²) < 4.78 is 1.68. The van der Waals surface area contributed by atoms with Crippen LogP contribution in [0.5, 0.6) is 0 Å². The number of hydrogen-bond acceptors (Lipinski definition) is 3. The fraction of sp³-hybridized carbons (Fsp3) is 0.600. The van der Waals surface area contributed by atoms with Gasteiger partial charge in [0.1, 0.15) is 0 Å². The van der Waals surface area contributed by atoms with Gasteiger partial charge < -0.3 is 5.32 Å². The Bertz CT molecular complexity index is 366. The third kappa shape index (κ3) is 2.01. The molecule has 0 radical (unpaired) electrons. The molecule has 76 valence electrons. The van der Waals surface area contributed by atoms with Crippen LogP contribution in [-0.2, 0) is 6.54 Å². The Morgan fingerprint density at radius 2 is 2.57 bits per heavy atom. The van der Waals surface area contributed by atoms with Crippen LogP contribution in [0.3, 0.4) is 0 Å². The number of nitrogens with zero attached hydrogens (tertiary/aromatic N) is 2. The highest BCUT2D eigenvalue weighted by Gasteiger charge is 2.14. The molecule has 1 N–H and O–H groups in total. The summed E-state index contributed by atoms with van der Waals surface area (Å²) in [5.41, 5.74) is 0.830. The smallest absolute Gasteiger partial charge is 0.253 e. The predicted molar refractivity (Wildman–Crippen MR) is 54.3 cm³/mol. The average Bonchev–Trinajstić information content (AvgIpc) is 2.62. The van der Waals surface area contributed by atoms with Gasteiger partial charge in [-0.15, -0.1) is 0 Å². The van der Waals surface area contributed by atoms with Crippen LogP contribution in [-0.4, -0.2) is 22.1 Å². The fourth-order valence-electron chi connectivity index (χ4n) is 1.80. The minimum Gasteiger partial charge on any atom is -0.312 e. The average molecular weight is 193 g/mol. The molecule has 0 aromatic carbocycles. The largest absolute Gasteiger partial charge is 0.312 e. The Hall–Kier alpha value is -1.16. The van der Waals surface area contributed by atoms with Crippen LogP contribution in [0, 0.1) is 6.92 Å². The zero-order valence-electron chi connectivity index (χ0n) is 8.36. The summed E-state index contributed by atoms with van der Waals surface area (Å²) in [5.74, 6) is 0. The first-order chi connectivity index (χ1) is 6.75. The van der Waals surface area contributed by atoms with E-state index in [4.69, 9.17) is 0 Å². The first kappa shape index (κ1) is 9.40. The van der Waals surface area contributed by atoms with Crippen molar-refractivity contribution < 1.29 is 0 Å². The van der Waals surface area contributed by atoms with Crippen LogP contribution in [0.25, 0.3) is 0 Å². The van der Waals surface area contributed by atoms with E-state index in [2.05, 4.69) is 10.3 Å². The van der Waals surface area contributed by atoms with Gasteiger partial charge in [-0.2, -0.15) is 0 Å². The molecule has 0 aliphatic carbocycles. The van der Waals surface area contributed by atoms with Crippen molar-refractivity contribution in [3.8, 4) is 0 Å². The Balaban J connectivity index is 2.12. The SMILES string of the molecule is Cc1cc(=O)n(C[C@@H]2CCCN2)cn1. The molecule has 0 saturated carbocycles. The van der Waals surface area contributed by atoms with E-state index in [0.29, 0.717) is 6.04 Å². The molecule has 1 saturated heterocycles. The van der Waals surface area contributed by atoms with E-state index in [-0.39, 0.29) is 5.56 Å². The first-order valence-corrected chi connectivity index (χ1v) is 5.02. The minimum atomic E-state index is 0.0474. The van der Waals surface area contributed by atoms with Crippen molar-refractivity contribution in [2.45, 2.75) is 32.4 Å². The van der Waals surface area contributed by atoms with E-state index >= 15 is 0 Å². The summed E-state index contributed by atoms with van der Waals surface area (Å²) in [4.78, 5) is 15.6. The van der Waals surface area contributed by atoms with E-state index in [1.165, 1.54) is 6.42 Å². The molecular formula is C10H15N3O. The molecule has 4 nitrogen and oxygen atoms in total. The molecule has 2 rings (SSSR count). The van der Waals surface area contributed by atoms with Gasteiger partial charge in [0.15, 0.2) is 0 Å². The summed E-state index contributed by atoms with van der Waals surface area (Å²) in [5, 5.41) is 3.36. The molecule has 4 heteroatoms. The molecular weight excluding hydrogens is 178 g/mol. The maximum absolute atomic E-state index is 11.5. The van der Waals surface area contributed by atoms with Crippen molar-refractivity contribution in [2.75, 3.05) is 6.54 Å². The minimum absolute atomic E-state index is 0.0474. The van der Waals surface area contributed by atoms with Crippen LogP contribution in [0.2, 0.25) is 0 Å². The van der Waals surface area contributed by atoms with E-state index in [0.717, 1.165) is 25.2 Å². The lowest BCUT2D eigenvalue weighted by atomic mass is 10.2. The normalized spacial score (nSPS) is 21.4. The van der Waals surface area contributed by atoms with Crippen molar-refractivity contribution in [1.29, 1.82) is 0 Å². The van der Waals surface area contributed by atoms with Gasteiger partial charge in [-0.3, -0.25) is 9.36 Å². The predicted octanol–water partition coefficient (Wildman–Crippen LogP) is 0.304. The Kier molecular flexibility index (Phi) is 2.63. The zero-order chi connectivity index (χ0) is 9.97. The highest BCUT2D eigenvalue weighted by Crippen LogP contribution is 2.05. The third-order valence-corrected chi connectivity index (χ3v) is 2.60. The second kappa shape index (κ2) is 3.92. The van der Waals surface area contributed by atoms with Crippen LogP contribution in [0.15, 0.2) is 17.2 Å². The lowest BCUT2D eigenvalue weighted by molar-refractivity contribution is 0.494. The third-order valence-electron chi connectivity index (χ3n) is 2.60. The topological polar surface area (TPSA) is 46.9 Å². The fourth-order valence-corrected chi connectivity index (χ4v) is 1.80. The van der Waals surface area contributed by atoms with Crippen molar-refractivity contribution in [3.63, 3.8) is 0 Å². The van der Waals surface area contributed by atoms with Gasteiger partial charge in [-0.25, -0.2) is 4.98 Å². The molecule has 0 bridgehead atoms. The lowest BCUT2D eigenvalue weighted by Gasteiger charge is -2.11. The van der Waals surface area contributed by atoms with Crippen LogP contribution >= 0.6 is 0 Å². The highest BCUT2D eigenvalue weighted by molar-refractivity contribution is 4.96. The Labute approximate surface area is 83.0 Å². The van der Waals surface area contributed by atoms with E-state index < -0.39 is 0 Å². The van der Waals surface area contributed by atoms with Crippen LogP contribution in [0.4, 0.5) is 0 Å². The lowest BCUT2D eigenvalue weighted by Crippen LogP contribution is -2.32. The Morgan fingerprint density at radius 3 is 3.21 bits per heavy atom. The first-order valence-electron chi connectivity index (χ1n) is 5.02. The highest BCUT2D eigenvalue weighted by atomic mass is 16.1. The zero-order valence-corrected chi connectivity index (χ0v) is 8.36. The number of aryl methyl sites for hydroxylation is 1. The van der Waals surface area contributed by atoms with Gasteiger partial charge in [0.2, 0.25) is 0 Å². The van der Waals surface area contributed by atoms with Gasteiger partial charge in [0.25, 0.3) is 5.56 Å². The molecule has 0 amide bonds. The summed E-state index contributed by atoms with van der Waals surface area (Å²) in [6.45, 7) is 3.64. The Morgan fingerprint density at radius 1 is 1.71 bits per heavy atom. The molecule has 1 aliphatic rings. The monoisotopic (exact) mass is 193 g/mol. The van der Waals surface area contributed by atoms with Crippen molar-refractivity contribution >= 4 is 0 Å². The van der Waals surface area contributed by atoms with Gasteiger partial charge in [-0.1, -0.05) is 0 Å². The summed E-state index contributed by atoms with van der Waals surface area (Å²) >= 11 is 0. The molecule has 1 aromatic rings. The number of aromatic nitrogens is 2. The van der Waals surface area contributed by atoms with Gasteiger partial charge in [0.05, 0.1) is 6.33 Å². The molecule has 0 unspecified atom stereocenters. The molecule has 1 atom stereocenters. The van der Waals surface area contributed by atoms with E-state index in [1.807, 2.05) is 6.92 Å². The van der Waals surface area contributed by atoms with E-state index in [1.54, 1.807) is 17.0 Å². The van der Waals surface area contributed by atoms with Gasteiger partial charge in [-0.05, 0) is 26.3 Å². The molecule has 14 heavy (non-hydrogen) atoms. The quantitative estimate of drug-likeness (QED) is 0.735. The van der Waals surface area contributed by atoms with Gasteiger partial charge in [0, 0.05) is 24.3 Å². The molecule has 1 aliphatic heterocycles. The number of rotatable bonds is 2. The maximum atomic E-state index is 11.5. The van der Waals surface area contributed by atoms with Crippen molar-refractivity contribution in [1.82, 2.24) is 14.9 Å². The summed E-state index contributed by atoms with van der Waals surface area (Å²) in [6, 6.07) is 2.02. The summed E-state index contributed by atoms with van der Waals surface area (Å²) in [7, 11) is 0. The molecule has 2 heterocycles. The number of hydrogen-bond donors (Lipinski definition) is 1. The standard InChI is InChI=1S/C10H15N3O/c1-8-5-10(14)13(7-12-8)6-9-3-2-4-11-9/h5,7,9,11H,2-4,6H2,1H3/t9-/m0/s1. The van der Waals surface area contributed by atoms with E-state index in [9.17, 15) is 4.79 Å². The molecule has 0 spiro atoms.